The highest BCUT2D eigenvalue weighted by Gasteiger charge is 2.38. The minimum atomic E-state index is -0.0102. The van der Waals surface area contributed by atoms with Crippen molar-refractivity contribution in [2.24, 2.45) is 11.8 Å². The fraction of sp³-hybridized carbons (Fsp3) is 0.842. The highest BCUT2D eigenvalue weighted by molar-refractivity contribution is 9.09. The van der Waals surface area contributed by atoms with Crippen molar-refractivity contribution in [3.05, 3.63) is 12.7 Å². The number of piperidine rings is 1. The van der Waals surface area contributed by atoms with Gasteiger partial charge in [-0.2, -0.15) is 0 Å². The summed E-state index contributed by atoms with van der Waals surface area (Å²) in [6.45, 7) is 5.87. The van der Waals surface area contributed by atoms with Gasteiger partial charge in [0, 0.05) is 30.0 Å². The van der Waals surface area contributed by atoms with Crippen molar-refractivity contribution in [2.75, 3.05) is 13.1 Å². The third kappa shape index (κ3) is 4.60. The Kier molecular flexibility index (Phi) is 6.19. The molecule has 1 aliphatic heterocycles. The summed E-state index contributed by atoms with van der Waals surface area (Å²) >= 11 is 3.77. The van der Waals surface area contributed by atoms with Crippen LogP contribution >= 0.6 is 15.9 Å². The zero-order chi connectivity index (χ0) is 16.2. The Balaban J connectivity index is 1.62. The number of hydrogen-bond acceptors (Lipinski definition) is 2. The molecule has 1 saturated heterocycles. The first kappa shape index (κ1) is 17.5. The fourth-order valence-electron chi connectivity index (χ4n) is 5.01. The molecule has 1 heterocycles. The van der Waals surface area contributed by atoms with Gasteiger partial charge in [-0.1, -0.05) is 35.4 Å². The Morgan fingerprint density at radius 2 is 1.91 bits per heavy atom. The number of hydrogen-bond donors (Lipinski definition) is 1. The monoisotopic (exact) mass is 382 g/mol. The number of fused-ring (bicyclic) bond motifs is 1. The van der Waals surface area contributed by atoms with Crippen LogP contribution in [0, 0.1) is 11.8 Å². The molecular formula is C19H31BrN2O. The van der Waals surface area contributed by atoms with Crippen LogP contribution in [0.4, 0.5) is 0 Å². The number of carbonyl (C=O) groups is 1. The molecule has 1 N–H and O–H groups in total. The lowest BCUT2D eigenvalue weighted by atomic mass is 9.76. The van der Waals surface area contributed by atoms with Gasteiger partial charge in [0.1, 0.15) is 0 Å². The summed E-state index contributed by atoms with van der Waals surface area (Å²) in [6, 6.07) is 1.08. The van der Waals surface area contributed by atoms with Gasteiger partial charge in [-0.15, -0.1) is 0 Å². The lowest BCUT2D eigenvalue weighted by Crippen LogP contribution is -2.57. The number of amides is 1. The average molecular weight is 383 g/mol. The molecule has 130 valence electrons. The molecule has 0 spiro atoms. The standard InChI is InChI=1S/C19H31BrN2O/c1-2-19(23)21-17-11-15-5-3-4-6-18(15)22(13-17)12-14-7-9-16(20)10-8-14/h2,14-18H,1,3-13H2,(H,21,23). The molecule has 3 atom stereocenters. The molecule has 0 aromatic carbocycles. The molecule has 3 aliphatic rings. The molecule has 3 nitrogen and oxygen atoms in total. The predicted molar refractivity (Wildman–Crippen MR) is 98.7 cm³/mol. The maximum Gasteiger partial charge on any atom is 0.243 e. The van der Waals surface area contributed by atoms with Crippen LogP contribution in [0.5, 0.6) is 0 Å². The minimum Gasteiger partial charge on any atom is -0.349 e. The summed E-state index contributed by atoms with van der Waals surface area (Å²) in [5, 5.41) is 3.17. The second-order valence-electron chi connectivity index (χ2n) is 7.83. The third-order valence-corrected chi connectivity index (χ3v) is 7.10. The summed E-state index contributed by atoms with van der Waals surface area (Å²) in [4.78, 5) is 15.2. The largest absolute Gasteiger partial charge is 0.349 e. The van der Waals surface area contributed by atoms with E-state index in [2.05, 4.69) is 32.7 Å². The van der Waals surface area contributed by atoms with Crippen LogP contribution in [0.3, 0.4) is 0 Å². The van der Waals surface area contributed by atoms with E-state index in [1.807, 2.05) is 0 Å². The zero-order valence-corrected chi connectivity index (χ0v) is 15.8. The summed E-state index contributed by atoms with van der Waals surface area (Å²) < 4.78 is 0. The van der Waals surface area contributed by atoms with Crippen molar-refractivity contribution < 1.29 is 4.79 Å². The molecular weight excluding hydrogens is 352 g/mol. The van der Waals surface area contributed by atoms with Gasteiger partial charge in [0.05, 0.1) is 0 Å². The summed E-state index contributed by atoms with van der Waals surface area (Å²) in [5.74, 6) is 1.62. The van der Waals surface area contributed by atoms with E-state index >= 15 is 0 Å². The number of halogens is 1. The van der Waals surface area contributed by atoms with E-state index in [4.69, 9.17) is 0 Å². The van der Waals surface area contributed by atoms with E-state index in [0.717, 1.165) is 35.7 Å². The fourth-order valence-corrected chi connectivity index (χ4v) is 5.54. The number of carbonyl (C=O) groups excluding carboxylic acids is 1. The van der Waals surface area contributed by atoms with Crippen LogP contribution in [0.25, 0.3) is 0 Å². The van der Waals surface area contributed by atoms with Crippen LogP contribution in [0.2, 0.25) is 0 Å². The van der Waals surface area contributed by atoms with E-state index in [1.54, 1.807) is 0 Å². The lowest BCUT2D eigenvalue weighted by Gasteiger charge is -2.48. The molecule has 4 heteroatoms. The Morgan fingerprint density at radius 3 is 2.65 bits per heavy atom. The van der Waals surface area contributed by atoms with Gasteiger partial charge in [0.2, 0.25) is 5.91 Å². The van der Waals surface area contributed by atoms with Crippen LogP contribution in [0.1, 0.15) is 57.8 Å². The Bertz CT molecular complexity index is 420. The Morgan fingerprint density at radius 1 is 1.17 bits per heavy atom. The second kappa shape index (κ2) is 8.15. The van der Waals surface area contributed by atoms with Crippen molar-refractivity contribution in [1.82, 2.24) is 10.2 Å². The minimum absolute atomic E-state index is 0.0102. The smallest absolute Gasteiger partial charge is 0.243 e. The SMILES string of the molecule is C=CC(=O)NC1CC2CCCCC2N(CC2CCC(Br)CC2)C1. The number of nitrogens with one attached hydrogen (secondary N) is 1. The zero-order valence-electron chi connectivity index (χ0n) is 14.2. The quantitative estimate of drug-likeness (QED) is 0.590. The number of rotatable bonds is 4. The molecule has 3 rings (SSSR count). The highest BCUT2D eigenvalue weighted by atomic mass is 79.9. The predicted octanol–water partition coefficient (Wildman–Crippen LogP) is 3.88. The van der Waals surface area contributed by atoms with Crippen LogP contribution in [-0.2, 0) is 4.79 Å². The molecule has 0 radical (unpaired) electrons. The van der Waals surface area contributed by atoms with Gasteiger partial charge >= 0.3 is 0 Å². The summed E-state index contributed by atoms with van der Waals surface area (Å²) in [7, 11) is 0. The molecule has 0 bridgehead atoms. The van der Waals surface area contributed by atoms with E-state index in [1.165, 1.54) is 64.0 Å². The first-order chi connectivity index (χ1) is 11.2. The van der Waals surface area contributed by atoms with Crippen LogP contribution in [0.15, 0.2) is 12.7 Å². The van der Waals surface area contributed by atoms with Gasteiger partial charge in [-0.25, -0.2) is 0 Å². The Labute approximate surface area is 149 Å². The molecule has 23 heavy (non-hydrogen) atoms. The molecule has 3 fully saturated rings. The van der Waals surface area contributed by atoms with Crippen molar-refractivity contribution in [1.29, 1.82) is 0 Å². The second-order valence-corrected chi connectivity index (χ2v) is 9.12. The lowest BCUT2D eigenvalue weighted by molar-refractivity contribution is -0.118. The van der Waals surface area contributed by atoms with Gasteiger partial charge in [-0.05, 0) is 62.9 Å². The van der Waals surface area contributed by atoms with Gasteiger partial charge in [0.15, 0.2) is 0 Å². The molecule has 3 unspecified atom stereocenters. The first-order valence-electron chi connectivity index (χ1n) is 9.46. The van der Waals surface area contributed by atoms with Crippen molar-refractivity contribution >= 4 is 21.8 Å². The van der Waals surface area contributed by atoms with E-state index < -0.39 is 0 Å². The highest BCUT2D eigenvalue weighted by Crippen LogP contribution is 2.37. The maximum atomic E-state index is 11.7. The summed E-state index contributed by atoms with van der Waals surface area (Å²) in [5.41, 5.74) is 0. The molecule has 0 aromatic rings. The normalized spacial score (nSPS) is 38.6. The van der Waals surface area contributed by atoms with Crippen LogP contribution in [-0.4, -0.2) is 40.8 Å². The Hall–Kier alpha value is -0.350. The first-order valence-corrected chi connectivity index (χ1v) is 10.4. The van der Waals surface area contributed by atoms with Crippen molar-refractivity contribution in [3.63, 3.8) is 0 Å². The van der Waals surface area contributed by atoms with E-state index in [0.29, 0.717) is 6.04 Å². The third-order valence-electron chi connectivity index (χ3n) is 6.18. The maximum absolute atomic E-state index is 11.7. The topological polar surface area (TPSA) is 32.3 Å². The van der Waals surface area contributed by atoms with Crippen molar-refractivity contribution in [2.45, 2.75) is 74.7 Å². The number of nitrogens with zero attached hydrogens (tertiary/aromatic N) is 1. The molecule has 0 aromatic heterocycles. The number of likely N-dealkylation sites (tertiary alicyclic amines) is 1. The van der Waals surface area contributed by atoms with Gasteiger partial charge < -0.3 is 5.32 Å². The van der Waals surface area contributed by atoms with Gasteiger partial charge in [-0.3, -0.25) is 9.69 Å². The van der Waals surface area contributed by atoms with E-state index in [-0.39, 0.29) is 5.91 Å². The molecule has 2 saturated carbocycles. The average Bonchev–Trinajstić information content (AvgIpc) is 2.57. The summed E-state index contributed by atoms with van der Waals surface area (Å²) in [6.07, 6.45) is 13.4. The number of alkyl halides is 1. The van der Waals surface area contributed by atoms with Crippen LogP contribution < -0.4 is 5.32 Å². The molecule has 2 aliphatic carbocycles. The molecule has 1 amide bonds. The van der Waals surface area contributed by atoms with Crippen molar-refractivity contribution in [3.8, 4) is 0 Å². The van der Waals surface area contributed by atoms with Gasteiger partial charge in [0.25, 0.3) is 0 Å². The van der Waals surface area contributed by atoms with E-state index in [9.17, 15) is 4.79 Å².